The fraction of sp³-hybridized carbons (Fsp3) is 0.250. The van der Waals surface area contributed by atoms with E-state index in [0.29, 0.717) is 0 Å². The third-order valence-electron chi connectivity index (χ3n) is 1.62. The minimum atomic E-state index is -4.37. The number of hydrogen-bond acceptors (Lipinski definition) is 3. The van der Waals surface area contributed by atoms with Crippen molar-refractivity contribution in [3.8, 4) is 0 Å². The Bertz CT molecular complexity index is 360. The normalized spacial score (nSPS) is 14.0. The molecule has 0 spiro atoms. The molecule has 1 N–H and O–H groups in total. The Hall–Kier alpha value is -0.910. The van der Waals surface area contributed by atoms with Gasteiger partial charge in [-0.05, 0) is 12.5 Å². The highest BCUT2D eigenvalue weighted by molar-refractivity contribution is 7.83. The molecule has 0 radical (unpaired) electrons. The highest BCUT2D eigenvalue weighted by Gasteiger charge is 2.05. The molecule has 0 aliphatic heterocycles. The summed E-state index contributed by atoms with van der Waals surface area (Å²) >= 11 is 0. The van der Waals surface area contributed by atoms with Gasteiger partial charge in [0.05, 0.1) is 0 Å². The monoisotopic (exact) mass is 200 g/mol. The summed E-state index contributed by atoms with van der Waals surface area (Å²) in [6.07, 6.45) is 0. The number of rotatable bonds is 3. The third kappa shape index (κ3) is 3.54. The zero-order valence-electron chi connectivity index (χ0n) is 7.10. The van der Waals surface area contributed by atoms with Gasteiger partial charge in [-0.2, -0.15) is 0 Å². The second-order valence-electron chi connectivity index (χ2n) is 2.70. The van der Waals surface area contributed by atoms with Crippen molar-refractivity contribution >= 4 is 10.3 Å². The Kier molecular flexibility index (Phi) is 3.02. The molecule has 1 aromatic rings. The van der Waals surface area contributed by atoms with Crippen LogP contribution in [0.2, 0.25) is 0 Å². The maximum absolute atomic E-state index is 10.3. The van der Waals surface area contributed by atoms with E-state index >= 15 is 0 Å². The molecule has 0 bridgehead atoms. The lowest BCUT2D eigenvalue weighted by Crippen LogP contribution is -2.25. The van der Waals surface area contributed by atoms with E-state index in [9.17, 15) is 13.0 Å². The summed E-state index contributed by atoms with van der Waals surface area (Å²) in [5.41, 5.74) is 0.766. The highest BCUT2D eigenvalue weighted by Crippen LogP contribution is 2.11. The summed E-state index contributed by atoms with van der Waals surface area (Å²) < 4.78 is 33.0. The van der Waals surface area contributed by atoms with Gasteiger partial charge in [0.25, 0.3) is 0 Å². The first-order valence-corrected chi connectivity index (χ1v) is 5.18. The van der Waals surface area contributed by atoms with E-state index in [4.69, 9.17) is 0 Å². The summed E-state index contributed by atoms with van der Waals surface area (Å²) in [7, 11) is -4.37. The fourth-order valence-electron chi connectivity index (χ4n) is 1.03. The summed E-state index contributed by atoms with van der Waals surface area (Å²) in [4.78, 5) is 0. The molecule has 0 saturated heterocycles. The number of nitrogens with one attached hydrogen (secondary N) is 1. The van der Waals surface area contributed by atoms with Gasteiger partial charge in [-0.15, -0.1) is 0 Å². The predicted octanol–water partition coefficient (Wildman–Crippen LogP) is 0.797. The largest absolute Gasteiger partial charge is 0.735 e. The van der Waals surface area contributed by atoms with E-state index in [1.807, 2.05) is 10.8 Å². The van der Waals surface area contributed by atoms with Gasteiger partial charge in [-0.1, -0.05) is 30.3 Å². The lowest BCUT2D eigenvalue weighted by molar-refractivity contribution is 0.439. The van der Waals surface area contributed by atoms with Crippen LogP contribution in [0.25, 0.3) is 0 Å². The first kappa shape index (κ1) is 10.2. The lowest BCUT2D eigenvalue weighted by atomic mass is 10.1. The number of benzene rings is 1. The van der Waals surface area contributed by atoms with Crippen LogP contribution in [0.15, 0.2) is 30.3 Å². The molecular formula is C8H10NO3S-. The van der Waals surface area contributed by atoms with Crippen LogP contribution in [0.3, 0.4) is 0 Å². The summed E-state index contributed by atoms with van der Waals surface area (Å²) in [6.45, 7) is 1.62. The van der Waals surface area contributed by atoms with Gasteiger partial charge in [0, 0.05) is 6.04 Å². The van der Waals surface area contributed by atoms with Gasteiger partial charge in [-0.25, -0.2) is 13.1 Å². The maximum Gasteiger partial charge on any atom is 0.159 e. The van der Waals surface area contributed by atoms with Crippen LogP contribution < -0.4 is 4.72 Å². The maximum atomic E-state index is 10.3. The van der Waals surface area contributed by atoms with E-state index in [1.165, 1.54) is 0 Å². The standard InChI is InChI=1S/C8H11NO3S/c1-7(9-13(10,11)12)8-5-3-2-4-6-8/h2-7,9H,1H3,(H,10,11,12)/p-1. The zero-order chi connectivity index (χ0) is 9.90. The van der Waals surface area contributed by atoms with Gasteiger partial charge >= 0.3 is 0 Å². The molecule has 1 rings (SSSR count). The Labute approximate surface area is 77.5 Å². The Morgan fingerprint density at radius 1 is 1.31 bits per heavy atom. The van der Waals surface area contributed by atoms with E-state index in [-0.39, 0.29) is 0 Å². The van der Waals surface area contributed by atoms with Crippen molar-refractivity contribution in [3.05, 3.63) is 35.9 Å². The molecular weight excluding hydrogens is 190 g/mol. The van der Waals surface area contributed by atoms with Crippen LogP contribution in [0.4, 0.5) is 0 Å². The zero-order valence-corrected chi connectivity index (χ0v) is 7.91. The smallest absolute Gasteiger partial charge is 0.159 e. The molecule has 0 aromatic heterocycles. The fourth-order valence-corrected chi connectivity index (χ4v) is 1.60. The summed E-state index contributed by atoms with van der Waals surface area (Å²) in [5.74, 6) is 0. The topological polar surface area (TPSA) is 69.2 Å². The van der Waals surface area contributed by atoms with E-state index < -0.39 is 16.3 Å². The SMILES string of the molecule is CC(NS(=O)(=O)[O-])c1ccccc1. The first-order chi connectivity index (χ1) is 5.99. The predicted molar refractivity (Wildman–Crippen MR) is 47.7 cm³/mol. The molecule has 1 unspecified atom stereocenters. The average Bonchev–Trinajstić information content (AvgIpc) is 2.03. The Morgan fingerprint density at radius 3 is 2.31 bits per heavy atom. The molecule has 0 heterocycles. The van der Waals surface area contributed by atoms with Gasteiger partial charge in [0.2, 0.25) is 0 Å². The molecule has 0 aliphatic rings. The third-order valence-corrected chi connectivity index (χ3v) is 2.26. The van der Waals surface area contributed by atoms with Gasteiger partial charge < -0.3 is 4.55 Å². The van der Waals surface area contributed by atoms with Crippen LogP contribution in [0.1, 0.15) is 18.5 Å². The quantitative estimate of drug-likeness (QED) is 0.733. The minimum Gasteiger partial charge on any atom is -0.735 e. The second-order valence-corrected chi connectivity index (χ2v) is 3.85. The molecule has 4 nitrogen and oxygen atoms in total. The van der Waals surface area contributed by atoms with Crippen LogP contribution in [0.5, 0.6) is 0 Å². The van der Waals surface area contributed by atoms with Gasteiger partial charge in [-0.3, -0.25) is 0 Å². The molecule has 0 saturated carbocycles. The molecule has 0 amide bonds. The Morgan fingerprint density at radius 2 is 1.85 bits per heavy atom. The number of hydrogen-bond donors (Lipinski definition) is 1. The van der Waals surface area contributed by atoms with Gasteiger partial charge in [0.1, 0.15) is 0 Å². The highest BCUT2D eigenvalue weighted by atomic mass is 32.2. The van der Waals surface area contributed by atoms with Crippen molar-refractivity contribution in [1.29, 1.82) is 0 Å². The van der Waals surface area contributed by atoms with Gasteiger partial charge in [0.15, 0.2) is 10.3 Å². The molecule has 5 heteroatoms. The van der Waals surface area contributed by atoms with Crippen LogP contribution in [0, 0.1) is 0 Å². The van der Waals surface area contributed by atoms with Crippen molar-refractivity contribution < 1.29 is 13.0 Å². The van der Waals surface area contributed by atoms with E-state index in [2.05, 4.69) is 0 Å². The van der Waals surface area contributed by atoms with Crippen molar-refractivity contribution in [1.82, 2.24) is 4.72 Å². The first-order valence-electron chi connectivity index (χ1n) is 3.77. The van der Waals surface area contributed by atoms with Crippen molar-refractivity contribution in [3.63, 3.8) is 0 Å². The Balaban J connectivity index is 2.76. The molecule has 0 aliphatic carbocycles. The van der Waals surface area contributed by atoms with Crippen LogP contribution in [-0.4, -0.2) is 13.0 Å². The minimum absolute atomic E-state index is 0.483. The molecule has 72 valence electrons. The molecule has 0 fully saturated rings. The average molecular weight is 200 g/mol. The summed E-state index contributed by atoms with van der Waals surface area (Å²) in [6, 6.07) is 8.41. The molecule has 1 atom stereocenters. The van der Waals surface area contributed by atoms with Crippen molar-refractivity contribution in [2.24, 2.45) is 0 Å². The molecule has 13 heavy (non-hydrogen) atoms. The van der Waals surface area contributed by atoms with E-state index in [1.54, 1.807) is 31.2 Å². The lowest BCUT2D eigenvalue weighted by Gasteiger charge is -2.16. The van der Waals surface area contributed by atoms with Crippen molar-refractivity contribution in [2.45, 2.75) is 13.0 Å². The van der Waals surface area contributed by atoms with Crippen molar-refractivity contribution in [2.75, 3.05) is 0 Å². The summed E-state index contributed by atoms with van der Waals surface area (Å²) in [5, 5.41) is 0. The van der Waals surface area contributed by atoms with E-state index in [0.717, 1.165) is 5.56 Å². The molecule has 1 aromatic carbocycles. The second kappa shape index (κ2) is 3.87. The van der Waals surface area contributed by atoms with Crippen LogP contribution >= 0.6 is 0 Å². The van der Waals surface area contributed by atoms with Crippen LogP contribution in [-0.2, 0) is 10.3 Å².